The van der Waals surface area contributed by atoms with Crippen LogP contribution in [0.5, 0.6) is 5.75 Å². The number of aromatic hydroxyl groups is 1. The van der Waals surface area contributed by atoms with E-state index in [-0.39, 0.29) is 23.0 Å². The van der Waals surface area contributed by atoms with Crippen molar-refractivity contribution in [2.45, 2.75) is 50.7 Å². The molecule has 0 bridgehead atoms. The molecule has 0 amide bonds. The van der Waals surface area contributed by atoms with Crippen LogP contribution in [-0.4, -0.2) is 38.9 Å². The highest BCUT2D eigenvalue weighted by atomic mass is 19.4. The van der Waals surface area contributed by atoms with E-state index in [4.69, 9.17) is 0 Å². The summed E-state index contributed by atoms with van der Waals surface area (Å²) >= 11 is 0. The molecule has 1 rings (SSSR count). The predicted octanol–water partition coefficient (Wildman–Crippen LogP) is 4.10. The van der Waals surface area contributed by atoms with Crippen molar-refractivity contribution in [3.8, 4) is 5.75 Å². The largest absolute Gasteiger partial charge is 0.508 e. The van der Waals surface area contributed by atoms with Gasteiger partial charge in [0.15, 0.2) is 11.2 Å². The fourth-order valence-electron chi connectivity index (χ4n) is 1.98. The van der Waals surface area contributed by atoms with Gasteiger partial charge in [0, 0.05) is 6.42 Å². The van der Waals surface area contributed by atoms with E-state index in [1.54, 1.807) is 0 Å². The van der Waals surface area contributed by atoms with Gasteiger partial charge in [-0.2, -0.15) is 26.3 Å². The number of benzene rings is 1. The topological polar surface area (TPSA) is 60.7 Å². The zero-order valence-corrected chi connectivity index (χ0v) is 13.6. The molecule has 0 fully saturated rings. The summed E-state index contributed by atoms with van der Waals surface area (Å²) in [6.45, 7) is 2.22. The molecule has 0 aliphatic rings. The van der Waals surface area contributed by atoms with Crippen molar-refractivity contribution in [3.05, 3.63) is 35.4 Å². The van der Waals surface area contributed by atoms with E-state index in [1.807, 2.05) is 0 Å². The van der Waals surface area contributed by atoms with E-state index >= 15 is 0 Å². The molecule has 0 aromatic heterocycles. The Kier molecular flexibility index (Phi) is 5.56. The SMILES string of the molecule is Cc1cc(/C(=C/C(C)(O)C(F)(F)F)CC(C)(O)C(F)(F)F)ccc1O. The van der Waals surface area contributed by atoms with Gasteiger partial charge < -0.3 is 15.3 Å². The van der Waals surface area contributed by atoms with E-state index in [0.29, 0.717) is 13.8 Å². The number of halogens is 6. The van der Waals surface area contributed by atoms with Crippen molar-refractivity contribution in [2.24, 2.45) is 0 Å². The van der Waals surface area contributed by atoms with Crippen LogP contribution in [0.3, 0.4) is 0 Å². The lowest BCUT2D eigenvalue weighted by Crippen LogP contribution is -2.43. The van der Waals surface area contributed by atoms with Crippen LogP contribution in [0.4, 0.5) is 26.3 Å². The van der Waals surface area contributed by atoms with Crippen molar-refractivity contribution in [1.82, 2.24) is 0 Å². The second-order valence-electron chi connectivity index (χ2n) is 6.26. The smallest absolute Gasteiger partial charge is 0.420 e. The number of phenols is 1. The Morgan fingerprint density at radius 1 is 1.00 bits per heavy atom. The Morgan fingerprint density at radius 3 is 1.92 bits per heavy atom. The van der Waals surface area contributed by atoms with Crippen LogP contribution in [0, 0.1) is 6.92 Å². The molecule has 0 aliphatic heterocycles. The molecule has 0 saturated carbocycles. The highest BCUT2D eigenvalue weighted by Crippen LogP contribution is 2.41. The van der Waals surface area contributed by atoms with Crippen LogP contribution >= 0.6 is 0 Å². The van der Waals surface area contributed by atoms with Crippen LogP contribution in [-0.2, 0) is 0 Å². The molecular formula is C16H18F6O3. The first-order chi connectivity index (χ1) is 11.0. The van der Waals surface area contributed by atoms with E-state index in [2.05, 4.69) is 0 Å². The van der Waals surface area contributed by atoms with Crippen LogP contribution in [0.15, 0.2) is 24.3 Å². The third-order valence-electron chi connectivity index (χ3n) is 3.74. The monoisotopic (exact) mass is 372 g/mol. The molecule has 0 heterocycles. The van der Waals surface area contributed by atoms with Crippen molar-refractivity contribution in [1.29, 1.82) is 0 Å². The van der Waals surface area contributed by atoms with Gasteiger partial charge in [0.2, 0.25) is 0 Å². The summed E-state index contributed by atoms with van der Waals surface area (Å²) in [6, 6.07) is 3.37. The summed E-state index contributed by atoms with van der Waals surface area (Å²) in [5, 5.41) is 28.7. The Hall–Kier alpha value is -1.74. The second-order valence-corrected chi connectivity index (χ2v) is 6.26. The molecule has 0 aliphatic carbocycles. The van der Waals surface area contributed by atoms with Crippen LogP contribution in [0.25, 0.3) is 5.57 Å². The Morgan fingerprint density at radius 2 is 1.52 bits per heavy atom. The number of hydrogen-bond donors (Lipinski definition) is 3. The minimum atomic E-state index is -5.13. The van der Waals surface area contributed by atoms with E-state index in [1.165, 1.54) is 13.0 Å². The van der Waals surface area contributed by atoms with Gasteiger partial charge in [-0.1, -0.05) is 6.07 Å². The van der Waals surface area contributed by atoms with E-state index < -0.39 is 35.5 Å². The predicted molar refractivity (Wildman–Crippen MR) is 78.8 cm³/mol. The Balaban J connectivity index is 3.50. The maximum atomic E-state index is 12.9. The highest BCUT2D eigenvalue weighted by molar-refractivity contribution is 5.69. The van der Waals surface area contributed by atoms with Crippen LogP contribution in [0.2, 0.25) is 0 Å². The fourth-order valence-corrected chi connectivity index (χ4v) is 1.98. The highest BCUT2D eigenvalue weighted by Gasteiger charge is 2.52. The lowest BCUT2D eigenvalue weighted by molar-refractivity contribution is -0.250. The minimum absolute atomic E-state index is 0.0932. The summed E-state index contributed by atoms with van der Waals surface area (Å²) in [4.78, 5) is 0. The summed E-state index contributed by atoms with van der Waals surface area (Å²) in [5.74, 6) is -0.201. The third kappa shape index (κ3) is 4.88. The van der Waals surface area contributed by atoms with Crippen molar-refractivity contribution in [3.63, 3.8) is 0 Å². The van der Waals surface area contributed by atoms with Gasteiger partial charge in [-0.15, -0.1) is 0 Å². The van der Waals surface area contributed by atoms with Crippen molar-refractivity contribution in [2.75, 3.05) is 0 Å². The molecule has 25 heavy (non-hydrogen) atoms. The average Bonchev–Trinajstić information content (AvgIpc) is 2.38. The molecule has 2 unspecified atom stereocenters. The molecule has 1 aromatic carbocycles. The first-order valence-corrected chi connectivity index (χ1v) is 7.08. The molecule has 3 nitrogen and oxygen atoms in total. The average molecular weight is 372 g/mol. The molecule has 9 heteroatoms. The number of alkyl halides is 6. The van der Waals surface area contributed by atoms with Gasteiger partial charge in [0.1, 0.15) is 5.75 Å². The van der Waals surface area contributed by atoms with Crippen LogP contribution < -0.4 is 0 Å². The summed E-state index contributed by atoms with van der Waals surface area (Å²) in [7, 11) is 0. The van der Waals surface area contributed by atoms with Crippen molar-refractivity contribution < 1.29 is 41.7 Å². The third-order valence-corrected chi connectivity index (χ3v) is 3.74. The molecule has 1 aromatic rings. The van der Waals surface area contributed by atoms with E-state index in [9.17, 15) is 41.7 Å². The van der Waals surface area contributed by atoms with Gasteiger partial charge in [-0.3, -0.25) is 0 Å². The molecular weight excluding hydrogens is 354 g/mol. The summed E-state index contributed by atoms with van der Waals surface area (Å²) < 4.78 is 77.5. The molecule has 3 N–H and O–H groups in total. The summed E-state index contributed by atoms with van der Waals surface area (Å²) in [5.41, 5.74) is -7.17. The lowest BCUT2D eigenvalue weighted by Gasteiger charge is -2.30. The summed E-state index contributed by atoms with van der Waals surface area (Å²) in [6.07, 6.45) is -11.2. The molecule has 0 radical (unpaired) electrons. The maximum absolute atomic E-state index is 12.9. The molecule has 0 spiro atoms. The zero-order valence-electron chi connectivity index (χ0n) is 13.6. The van der Waals surface area contributed by atoms with Gasteiger partial charge in [-0.05, 0) is 55.7 Å². The lowest BCUT2D eigenvalue weighted by atomic mass is 9.87. The zero-order chi connectivity index (χ0) is 19.8. The minimum Gasteiger partial charge on any atom is -0.508 e. The first-order valence-electron chi connectivity index (χ1n) is 7.08. The normalized spacial score (nSPS) is 18.6. The number of aliphatic hydroxyl groups is 2. The second kappa shape index (κ2) is 6.53. The van der Waals surface area contributed by atoms with Gasteiger partial charge in [-0.25, -0.2) is 0 Å². The van der Waals surface area contributed by atoms with E-state index in [0.717, 1.165) is 12.1 Å². The quantitative estimate of drug-likeness (QED) is 0.698. The number of phenolic OH excluding ortho intramolecular Hbond substituents is 1. The van der Waals surface area contributed by atoms with Gasteiger partial charge in [0.05, 0.1) is 0 Å². The fraction of sp³-hybridized carbons (Fsp3) is 0.500. The van der Waals surface area contributed by atoms with Crippen molar-refractivity contribution >= 4 is 5.57 Å². The molecule has 142 valence electrons. The Bertz CT molecular complexity index is 657. The molecule has 0 saturated heterocycles. The van der Waals surface area contributed by atoms with Crippen LogP contribution in [0.1, 0.15) is 31.4 Å². The standard InChI is InChI=1S/C16H18F6O3/c1-9-6-10(4-5-12(9)23)11(7-13(2,24)15(17,18)19)8-14(3,25)16(20,21)22/h4-7,23-25H,8H2,1-3H3/b11-7+. The Labute approximate surface area is 140 Å². The number of aryl methyl sites for hydroxylation is 1. The first kappa shape index (κ1) is 21.3. The molecule has 2 atom stereocenters. The number of rotatable bonds is 4. The maximum Gasteiger partial charge on any atom is 0.420 e. The number of hydrogen-bond acceptors (Lipinski definition) is 3. The van der Waals surface area contributed by atoms with Gasteiger partial charge in [0.25, 0.3) is 0 Å². The van der Waals surface area contributed by atoms with Gasteiger partial charge >= 0.3 is 12.4 Å².